The highest BCUT2D eigenvalue weighted by Crippen LogP contribution is 2.19. The SMILES string of the molecule is Cl.Cl.O=C(CCC1CCNCC1)Nc1cccc(C(=O)Nc2ccc(Cl)cn2)c1. The van der Waals surface area contributed by atoms with Crippen LogP contribution < -0.4 is 16.0 Å². The van der Waals surface area contributed by atoms with Crippen molar-refractivity contribution in [1.29, 1.82) is 0 Å². The van der Waals surface area contributed by atoms with E-state index in [1.165, 1.54) is 6.20 Å². The van der Waals surface area contributed by atoms with Gasteiger partial charge in [-0.2, -0.15) is 0 Å². The van der Waals surface area contributed by atoms with Gasteiger partial charge in [-0.3, -0.25) is 9.59 Å². The molecule has 1 fully saturated rings. The van der Waals surface area contributed by atoms with E-state index in [9.17, 15) is 9.59 Å². The van der Waals surface area contributed by atoms with E-state index in [-0.39, 0.29) is 36.6 Å². The molecule has 2 aromatic rings. The Morgan fingerprint density at radius 3 is 2.55 bits per heavy atom. The zero-order valence-electron chi connectivity index (χ0n) is 15.8. The molecule has 0 bridgehead atoms. The van der Waals surface area contributed by atoms with E-state index >= 15 is 0 Å². The van der Waals surface area contributed by atoms with Crippen LogP contribution in [-0.4, -0.2) is 29.9 Å². The maximum absolute atomic E-state index is 12.4. The Morgan fingerprint density at radius 2 is 1.86 bits per heavy atom. The van der Waals surface area contributed by atoms with Crippen LogP contribution in [0, 0.1) is 5.92 Å². The standard InChI is InChI=1S/C20H23ClN4O2.2ClH/c21-16-5-6-18(23-13-16)25-20(27)15-2-1-3-17(12-15)24-19(26)7-4-14-8-10-22-11-9-14;;/h1-3,5-6,12-14,22H,4,7-11H2,(H,24,26)(H,23,25,27);2*1H. The Bertz CT molecular complexity index is 797. The lowest BCUT2D eigenvalue weighted by molar-refractivity contribution is -0.116. The van der Waals surface area contributed by atoms with Gasteiger partial charge in [-0.1, -0.05) is 17.7 Å². The van der Waals surface area contributed by atoms with Crippen molar-refractivity contribution in [2.75, 3.05) is 23.7 Å². The van der Waals surface area contributed by atoms with Crippen molar-refractivity contribution in [3.8, 4) is 0 Å². The van der Waals surface area contributed by atoms with E-state index in [2.05, 4.69) is 20.9 Å². The molecule has 0 unspecified atom stereocenters. The predicted molar refractivity (Wildman–Crippen MR) is 122 cm³/mol. The third-order valence-corrected chi connectivity index (χ3v) is 4.84. The molecule has 1 aliphatic rings. The van der Waals surface area contributed by atoms with Crippen LogP contribution in [-0.2, 0) is 4.79 Å². The number of carbonyl (C=O) groups is 2. The van der Waals surface area contributed by atoms with Gasteiger partial charge >= 0.3 is 0 Å². The number of piperidine rings is 1. The molecule has 6 nitrogen and oxygen atoms in total. The topological polar surface area (TPSA) is 83.1 Å². The molecular weight excluding hydrogens is 435 g/mol. The first kappa shape index (κ1) is 25.2. The molecule has 1 aromatic heterocycles. The minimum atomic E-state index is -0.296. The van der Waals surface area contributed by atoms with Crippen LogP contribution in [0.4, 0.5) is 11.5 Å². The van der Waals surface area contributed by atoms with Gasteiger partial charge in [0.25, 0.3) is 5.91 Å². The maximum atomic E-state index is 12.4. The van der Waals surface area contributed by atoms with Gasteiger partial charge in [-0.05, 0) is 68.6 Å². The highest BCUT2D eigenvalue weighted by atomic mass is 35.5. The number of hydrogen-bond acceptors (Lipinski definition) is 4. The van der Waals surface area contributed by atoms with Crippen molar-refractivity contribution < 1.29 is 9.59 Å². The van der Waals surface area contributed by atoms with Gasteiger partial charge in [0.05, 0.1) is 5.02 Å². The van der Waals surface area contributed by atoms with E-state index in [4.69, 9.17) is 11.6 Å². The number of carbonyl (C=O) groups excluding carboxylic acids is 2. The van der Waals surface area contributed by atoms with Crippen molar-refractivity contribution in [2.45, 2.75) is 25.7 Å². The summed E-state index contributed by atoms with van der Waals surface area (Å²) in [5.41, 5.74) is 1.06. The van der Waals surface area contributed by atoms with Crippen LogP contribution in [0.25, 0.3) is 0 Å². The second kappa shape index (κ2) is 12.6. The van der Waals surface area contributed by atoms with Crippen molar-refractivity contribution in [3.63, 3.8) is 0 Å². The number of nitrogens with one attached hydrogen (secondary N) is 3. The Labute approximate surface area is 188 Å². The Hall–Kier alpha value is -1.86. The van der Waals surface area contributed by atoms with Gasteiger partial charge in [0, 0.05) is 23.9 Å². The third kappa shape index (κ3) is 8.19. The molecule has 9 heteroatoms. The average Bonchev–Trinajstić information content (AvgIpc) is 2.69. The maximum Gasteiger partial charge on any atom is 0.256 e. The molecule has 1 aromatic carbocycles. The number of benzene rings is 1. The minimum Gasteiger partial charge on any atom is -0.326 e. The molecule has 158 valence electrons. The molecule has 0 spiro atoms. The molecule has 0 atom stereocenters. The third-order valence-electron chi connectivity index (χ3n) is 4.62. The summed E-state index contributed by atoms with van der Waals surface area (Å²) in [6.07, 6.45) is 5.12. The first-order valence-corrected chi connectivity index (χ1v) is 9.51. The summed E-state index contributed by atoms with van der Waals surface area (Å²) in [5, 5.41) is 9.42. The molecule has 29 heavy (non-hydrogen) atoms. The number of nitrogens with zero attached hydrogens (tertiary/aromatic N) is 1. The largest absolute Gasteiger partial charge is 0.326 e. The van der Waals surface area contributed by atoms with Crippen molar-refractivity contribution in [2.24, 2.45) is 5.92 Å². The Balaban J connectivity index is 0.00000210. The zero-order chi connectivity index (χ0) is 19.1. The first-order valence-electron chi connectivity index (χ1n) is 9.14. The van der Waals surface area contributed by atoms with E-state index in [1.54, 1.807) is 36.4 Å². The van der Waals surface area contributed by atoms with Gasteiger partial charge in [0.15, 0.2) is 0 Å². The van der Waals surface area contributed by atoms with Crippen molar-refractivity contribution in [1.82, 2.24) is 10.3 Å². The summed E-state index contributed by atoms with van der Waals surface area (Å²) in [6.45, 7) is 2.07. The number of hydrogen-bond donors (Lipinski definition) is 3. The molecular formula is C20H25Cl3N4O2. The lowest BCUT2D eigenvalue weighted by Gasteiger charge is -2.22. The summed E-state index contributed by atoms with van der Waals surface area (Å²) in [7, 11) is 0. The van der Waals surface area contributed by atoms with Crippen LogP contribution in [0.2, 0.25) is 5.02 Å². The van der Waals surface area contributed by atoms with Crippen LogP contribution >= 0.6 is 36.4 Å². The van der Waals surface area contributed by atoms with Gasteiger partial charge < -0.3 is 16.0 Å². The predicted octanol–water partition coefficient (Wildman–Crippen LogP) is 4.55. The molecule has 2 heterocycles. The van der Waals surface area contributed by atoms with Gasteiger partial charge in [-0.15, -0.1) is 24.8 Å². The quantitative estimate of drug-likeness (QED) is 0.592. The van der Waals surface area contributed by atoms with Gasteiger partial charge in [0.2, 0.25) is 5.91 Å². The van der Waals surface area contributed by atoms with Gasteiger partial charge in [-0.25, -0.2) is 4.98 Å². The van der Waals surface area contributed by atoms with E-state index in [0.29, 0.717) is 34.4 Å². The summed E-state index contributed by atoms with van der Waals surface area (Å²) in [5.74, 6) is 0.711. The summed E-state index contributed by atoms with van der Waals surface area (Å²) < 4.78 is 0. The Kier molecular flexibility index (Phi) is 11.0. The number of pyridine rings is 1. The normalized spacial score (nSPS) is 13.6. The second-order valence-corrected chi connectivity index (χ2v) is 7.11. The molecule has 1 saturated heterocycles. The molecule has 0 radical (unpaired) electrons. The highest BCUT2D eigenvalue weighted by Gasteiger charge is 2.15. The minimum absolute atomic E-state index is 0. The number of anilines is 2. The molecule has 3 N–H and O–H groups in total. The molecule has 0 aliphatic carbocycles. The second-order valence-electron chi connectivity index (χ2n) is 6.68. The lowest BCUT2D eigenvalue weighted by atomic mass is 9.93. The van der Waals surface area contributed by atoms with Crippen molar-refractivity contribution >= 4 is 59.7 Å². The molecule has 0 saturated carbocycles. The molecule has 3 rings (SSSR count). The highest BCUT2D eigenvalue weighted by molar-refractivity contribution is 6.30. The van der Waals surface area contributed by atoms with Gasteiger partial charge in [0.1, 0.15) is 5.82 Å². The number of halogens is 3. The first-order chi connectivity index (χ1) is 13.1. The summed E-state index contributed by atoms with van der Waals surface area (Å²) in [6, 6.07) is 10.2. The Morgan fingerprint density at radius 1 is 1.10 bits per heavy atom. The molecule has 1 aliphatic heterocycles. The van der Waals surface area contributed by atoms with E-state index in [1.807, 2.05) is 0 Å². The van der Waals surface area contributed by atoms with Crippen LogP contribution in [0.15, 0.2) is 42.6 Å². The summed E-state index contributed by atoms with van der Waals surface area (Å²) in [4.78, 5) is 28.6. The van der Waals surface area contributed by atoms with Crippen molar-refractivity contribution in [3.05, 3.63) is 53.2 Å². The van der Waals surface area contributed by atoms with E-state index in [0.717, 1.165) is 32.4 Å². The smallest absolute Gasteiger partial charge is 0.256 e. The van der Waals surface area contributed by atoms with Crippen LogP contribution in [0.3, 0.4) is 0 Å². The number of aromatic nitrogens is 1. The number of amides is 2. The van der Waals surface area contributed by atoms with Crippen LogP contribution in [0.1, 0.15) is 36.0 Å². The van der Waals surface area contributed by atoms with Crippen LogP contribution in [0.5, 0.6) is 0 Å². The summed E-state index contributed by atoms with van der Waals surface area (Å²) >= 11 is 5.79. The molecule has 2 amide bonds. The zero-order valence-corrected chi connectivity index (χ0v) is 18.2. The monoisotopic (exact) mass is 458 g/mol. The average molecular weight is 460 g/mol. The fraction of sp³-hybridized carbons (Fsp3) is 0.350. The fourth-order valence-electron chi connectivity index (χ4n) is 3.11. The fourth-order valence-corrected chi connectivity index (χ4v) is 3.22. The van der Waals surface area contributed by atoms with E-state index < -0.39 is 0 Å². The lowest BCUT2D eigenvalue weighted by Crippen LogP contribution is -2.28. The number of rotatable bonds is 6.